The Labute approximate surface area is 196 Å². The Morgan fingerprint density at radius 3 is 2.33 bits per heavy atom. The molecule has 176 valence electrons. The van der Waals surface area contributed by atoms with Crippen LogP contribution in [0.25, 0.3) is 0 Å². The van der Waals surface area contributed by atoms with Gasteiger partial charge in [0.25, 0.3) is 0 Å². The lowest BCUT2D eigenvalue weighted by atomic mass is 9.99. The smallest absolute Gasteiger partial charge is 0.321 e. The number of likely N-dealkylation sites (N-methyl/N-ethyl adjacent to an activating group) is 1. The number of piperazine rings is 1. The van der Waals surface area contributed by atoms with E-state index in [4.69, 9.17) is 9.97 Å². The third-order valence-corrected chi connectivity index (χ3v) is 7.08. The van der Waals surface area contributed by atoms with E-state index < -0.39 is 0 Å². The summed E-state index contributed by atoms with van der Waals surface area (Å²) in [7, 11) is 2.17. The molecule has 1 aromatic heterocycles. The van der Waals surface area contributed by atoms with Gasteiger partial charge in [-0.15, -0.1) is 0 Å². The molecule has 8 nitrogen and oxygen atoms in total. The van der Waals surface area contributed by atoms with Gasteiger partial charge < -0.3 is 24.9 Å². The van der Waals surface area contributed by atoms with Gasteiger partial charge in [-0.2, -0.15) is 0 Å². The maximum atomic E-state index is 12.6. The largest absolute Gasteiger partial charge is 0.354 e. The van der Waals surface area contributed by atoms with Crippen LogP contribution in [-0.4, -0.2) is 78.7 Å². The van der Waals surface area contributed by atoms with Crippen molar-refractivity contribution < 1.29 is 4.79 Å². The van der Waals surface area contributed by atoms with Gasteiger partial charge in [0.05, 0.1) is 0 Å². The number of aryl methyl sites for hydroxylation is 1. The summed E-state index contributed by atoms with van der Waals surface area (Å²) in [5, 5.41) is 3.11. The molecule has 0 spiro atoms. The number of carbonyl (C=O) groups excluding carboxylic acids is 1. The highest BCUT2D eigenvalue weighted by molar-refractivity contribution is 5.89. The molecule has 2 amide bonds. The van der Waals surface area contributed by atoms with Crippen LogP contribution in [0.2, 0.25) is 0 Å². The zero-order valence-corrected chi connectivity index (χ0v) is 19.9. The summed E-state index contributed by atoms with van der Waals surface area (Å²) in [4.78, 5) is 31.1. The highest BCUT2D eigenvalue weighted by Crippen LogP contribution is 2.28. The van der Waals surface area contributed by atoms with Gasteiger partial charge in [-0.05, 0) is 62.9 Å². The zero-order chi connectivity index (χ0) is 22.8. The van der Waals surface area contributed by atoms with Crippen LogP contribution in [0, 0.1) is 6.92 Å². The maximum Gasteiger partial charge on any atom is 0.321 e. The molecular formula is C25H35N7O. The number of benzene rings is 1. The van der Waals surface area contributed by atoms with Crippen LogP contribution in [0.15, 0.2) is 24.3 Å². The second kappa shape index (κ2) is 9.55. The zero-order valence-electron chi connectivity index (χ0n) is 19.9. The molecule has 33 heavy (non-hydrogen) atoms. The number of urea groups is 1. The average Bonchev–Trinajstić information content (AvgIpc) is 2.84. The van der Waals surface area contributed by atoms with E-state index in [0.29, 0.717) is 0 Å². The molecular weight excluding hydrogens is 414 g/mol. The van der Waals surface area contributed by atoms with Crippen molar-refractivity contribution in [3.05, 3.63) is 41.2 Å². The minimum absolute atomic E-state index is 0.0190. The fraction of sp³-hybridized carbons (Fsp3) is 0.560. The summed E-state index contributed by atoms with van der Waals surface area (Å²) in [6.45, 7) is 9.52. The Kier molecular flexibility index (Phi) is 6.35. The van der Waals surface area contributed by atoms with E-state index in [0.717, 1.165) is 94.8 Å². The van der Waals surface area contributed by atoms with Crippen molar-refractivity contribution in [2.45, 2.75) is 39.2 Å². The lowest BCUT2D eigenvalue weighted by Crippen LogP contribution is -2.45. The Bertz CT molecular complexity index is 996. The van der Waals surface area contributed by atoms with E-state index in [1.165, 1.54) is 17.5 Å². The lowest BCUT2D eigenvalue weighted by molar-refractivity contribution is 0.200. The molecule has 5 rings (SSSR count). The van der Waals surface area contributed by atoms with Crippen LogP contribution in [-0.2, 0) is 13.0 Å². The number of piperidine rings is 1. The number of hydrogen-bond donors (Lipinski definition) is 1. The van der Waals surface area contributed by atoms with Crippen molar-refractivity contribution in [2.75, 3.05) is 68.0 Å². The molecule has 0 radical (unpaired) electrons. The monoisotopic (exact) mass is 449 g/mol. The molecule has 3 aliphatic heterocycles. The number of nitrogens with zero attached hydrogens (tertiary/aromatic N) is 6. The first-order chi connectivity index (χ1) is 16.0. The lowest BCUT2D eigenvalue weighted by Gasteiger charge is -2.34. The van der Waals surface area contributed by atoms with Gasteiger partial charge in [-0.3, -0.25) is 0 Å². The predicted octanol–water partition coefficient (Wildman–Crippen LogP) is 3.12. The van der Waals surface area contributed by atoms with Crippen molar-refractivity contribution in [3.63, 3.8) is 0 Å². The van der Waals surface area contributed by atoms with Crippen LogP contribution in [0.4, 0.5) is 22.1 Å². The van der Waals surface area contributed by atoms with Gasteiger partial charge in [-0.1, -0.05) is 6.07 Å². The fourth-order valence-corrected chi connectivity index (χ4v) is 5.03. The first kappa shape index (κ1) is 21.9. The highest BCUT2D eigenvalue weighted by Gasteiger charge is 2.22. The third kappa shape index (κ3) is 5.05. The topological polar surface area (TPSA) is 67.8 Å². The number of rotatable bonds is 3. The standard InChI is InChI=1S/C25H35N7O/c1-19-26-23(30-14-12-29(2)13-15-30)17-24(27-19)32-11-8-20-6-7-22(16-21(20)18-32)28-25(33)31-9-4-3-5-10-31/h6-7,16-17H,3-5,8-15,18H2,1-2H3,(H,28,33). The number of nitrogens with one attached hydrogen (secondary N) is 1. The molecule has 4 heterocycles. The number of likely N-dealkylation sites (tertiary alicyclic amines) is 1. The second-order valence-electron chi connectivity index (χ2n) is 9.55. The molecule has 0 aliphatic carbocycles. The van der Waals surface area contributed by atoms with E-state index in [1.807, 2.05) is 17.9 Å². The van der Waals surface area contributed by atoms with Gasteiger partial charge in [-0.25, -0.2) is 14.8 Å². The molecule has 2 aromatic rings. The highest BCUT2D eigenvalue weighted by atomic mass is 16.2. The maximum absolute atomic E-state index is 12.6. The van der Waals surface area contributed by atoms with Crippen molar-refractivity contribution in [1.29, 1.82) is 0 Å². The number of anilines is 3. The molecule has 2 saturated heterocycles. The number of hydrogen-bond acceptors (Lipinski definition) is 6. The average molecular weight is 450 g/mol. The molecule has 0 unspecified atom stereocenters. The Balaban J connectivity index is 1.30. The SMILES string of the molecule is Cc1nc(N2CCN(C)CC2)cc(N2CCc3ccc(NC(=O)N4CCCCC4)cc3C2)n1. The second-order valence-corrected chi connectivity index (χ2v) is 9.55. The van der Waals surface area contributed by atoms with Crippen molar-refractivity contribution >= 4 is 23.4 Å². The van der Waals surface area contributed by atoms with Gasteiger partial charge in [0.2, 0.25) is 0 Å². The van der Waals surface area contributed by atoms with E-state index in [9.17, 15) is 4.79 Å². The molecule has 0 bridgehead atoms. The third-order valence-electron chi connectivity index (χ3n) is 7.08. The van der Waals surface area contributed by atoms with Crippen LogP contribution >= 0.6 is 0 Å². The summed E-state index contributed by atoms with van der Waals surface area (Å²) in [5.74, 6) is 2.83. The number of carbonyl (C=O) groups is 1. The van der Waals surface area contributed by atoms with Crippen LogP contribution < -0.4 is 15.1 Å². The molecule has 0 atom stereocenters. The van der Waals surface area contributed by atoms with Gasteiger partial charge >= 0.3 is 6.03 Å². The summed E-state index contributed by atoms with van der Waals surface area (Å²) in [5.41, 5.74) is 3.49. The van der Waals surface area contributed by atoms with E-state index in [2.05, 4.69) is 45.3 Å². The predicted molar refractivity (Wildman–Crippen MR) is 132 cm³/mol. The van der Waals surface area contributed by atoms with Crippen molar-refractivity contribution in [2.24, 2.45) is 0 Å². The minimum Gasteiger partial charge on any atom is -0.354 e. The van der Waals surface area contributed by atoms with E-state index >= 15 is 0 Å². The summed E-state index contributed by atoms with van der Waals surface area (Å²) in [6, 6.07) is 8.51. The molecule has 1 aromatic carbocycles. The van der Waals surface area contributed by atoms with Gasteiger partial charge in [0, 0.05) is 64.1 Å². The molecule has 0 saturated carbocycles. The van der Waals surface area contributed by atoms with Crippen molar-refractivity contribution in [3.8, 4) is 0 Å². The molecule has 1 N–H and O–H groups in total. The van der Waals surface area contributed by atoms with E-state index in [-0.39, 0.29) is 6.03 Å². The Morgan fingerprint density at radius 2 is 1.58 bits per heavy atom. The number of fused-ring (bicyclic) bond motifs is 1. The van der Waals surface area contributed by atoms with Gasteiger partial charge in [0.1, 0.15) is 17.5 Å². The van der Waals surface area contributed by atoms with Crippen LogP contribution in [0.1, 0.15) is 36.2 Å². The Morgan fingerprint density at radius 1 is 0.848 bits per heavy atom. The first-order valence-electron chi connectivity index (χ1n) is 12.3. The summed E-state index contributed by atoms with van der Waals surface area (Å²) < 4.78 is 0. The summed E-state index contributed by atoms with van der Waals surface area (Å²) >= 11 is 0. The molecule has 3 aliphatic rings. The quantitative estimate of drug-likeness (QED) is 0.777. The molecule has 8 heteroatoms. The minimum atomic E-state index is 0.0190. The van der Waals surface area contributed by atoms with Gasteiger partial charge in [0.15, 0.2) is 0 Å². The number of aromatic nitrogens is 2. The fourth-order valence-electron chi connectivity index (χ4n) is 5.03. The van der Waals surface area contributed by atoms with E-state index in [1.54, 1.807) is 0 Å². The Hall–Kier alpha value is -2.87. The first-order valence-corrected chi connectivity index (χ1v) is 12.3. The van der Waals surface area contributed by atoms with Crippen LogP contribution in [0.3, 0.4) is 0 Å². The van der Waals surface area contributed by atoms with Crippen LogP contribution in [0.5, 0.6) is 0 Å². The normalized spacial score (nSPS) is 19.4. The van der Waals surface area contributed by atoms with Crippen molar-refractivity contribution in [1.82, 2.24) is 19.8 Å². The summed E-state index contributed by atoms with van der Waals surface area (Å²) in [6.07, 6.45) is 4.39. The molecule has 2 fully saturated rings. The number of amides is 2.